The number of nitrogens with one attached hydrogen (secondary N) is 4. The molecule has 0 unspecified atom stereocenters. The van der Waals surface area contributed by atoms with Crippen LogP contribution in [0.4, 0.5) is 21.0 Å². The van der Waals surface area contributed by atoms with Crippen molar-refractivity contribution in [2.45, 2.75) is 78.1 Å². The molecule has 0 bridgehead atoms. The smallest absolute Gasteiger partial charge is 0.319 e. The summed E-state index contributed by atoms with van der Waals surface area (Å²) in [5.74, 6) is 1.91. The van der Waals surface area contributed by atoms with Gasteiger partial charge in [0.1, 0.15) is 0 Å². The van der Waals surface area contributed by atoms with Gasteiger partial charge >= 0.3 is 12.1 Å². The SMILES string of the molecule is CC[C@@H](C)c1ccc(NC(=O)NC[C@@H]2CCC[C@@H](CNC(=O)Nc3ccc([C@@H](C)CC)cc3)C2)cc1. The monoisotopic (exact) mass is 492 g/mol. The van der Waals surface area contributed by atoms with Crippen molar-refractivity contribution < 1.29 is 9.59 Å². The molecule has 2 aromatic carbocycles. The summed E-state index contributed by atoms with van der Waals surface area (Å²) < 4.78 is 0. The van der Waals surface area contributed by atoms with E-state index < -0.39 is 0 Å². The van der Waals surface area contributed by atoms with Gasteiger partial charge in [0, 0.05) is 24.5 Å². The predicted octanol–water partition coefficient (Wildman–Crippen LogP) is 7.46. The van der Waals surface area contributed by atoms with Gasteiger partial charge in [0.25, 0.3) is 0 Å². The third-order valence-electron chi connectivity index (χ3n) is 7.69. The fourth-order valence-corrected chi connectivity index (χ4v) is 4.86. The van der Waals surface area contributed by atoms with Gasteiger partial charge in [0.15, 0.2) is 0 Å². The quantitative estimate of drug-likeness (QED) is 0.277. The summed E-state index contributed by atoms with van der Waals surface area (Å²) in [6.45, 7) is 10.1. The Bertz CT molecular complexity index is 880. The zero-order valence-corrected chi connectivity index (χ0v) is 22.4. The zero-order valence-electron chi connectivity index (χ0n) is 22.4. The maximum Gasteiger partial charge on any atom is 0.319 e. The first-order chi connectivity index (χ1) is 17.4. The van der Waals surface area contributed by atoms with Gasteiger partial charge in [0.2, 0.25) is 0 Å². The van der Waals surface area contributed by atoms with E-state index in [0.29, 0.717) is 36.8 Å². The van der Waals surface area contributed by atoms with Gasteiger partial charge in [-0.3, -0.25) is 0 Å². The van der Waals surface area contributed by atoms with E-state index in [1.807, 2.05) is 24.3 Å². The molecule has 4 atom stereocenters. The van der Waals surface area contributed by atoms with E-state index in [1.165, 1.54) is 11.1 Å². The molecule has 196 valence electrons. The topological polar surface area (TPSA) is 82.3 Å². The first-order valence-electron chi connectivity index (χ1n) is 13.7. The van der Waals surface area contributed by atoms with Crippen molar-refractivity contribution in [1.82, 2.24) is 10.6 Å². The van der Waals surface area contributed by atoms with Crippen LogP contribution in [0, 0.1) is 11.8 Å². The highest BCUT2D eigenvalue weighted by Crippen LogP contribution is 2.28. The maximum absolute atomic E-state index is 12.4. The second-order valence-electron chi connectivity index (χ2n) is 10.4. The molecular formula is C30H44N4O2. The molecule has 0 spiro atoms. The van der Waals surface area contributed by atoms with Gasteiger partial charge < -0.3 is 21.3 Å². The fourth-order valence-electron chi connectivity index (χ4n) is 4.86. The van der Waals surface area contributed by atoms with Gasteiger partial charge in [-0.2, -0.15) is 0 Å². The van der Waals surface area contributed by atoms with Gasteiger partial charge in [-0.1, -0.05) is 58.4 Å². The molecule has 6 heteroatoms. The van der Waals surface area contributed by atoms with Gasteiger partial charge in [-0.25, -0.2) is 9.59 Å². The van der Waals surface area contributed by atoms with Gasteiger partial charge in [-0.05, 0) is 91.2 Å². The van der Waals surface area contributed by atoms with Crippen molar-refractivity contribution in [2.75, 3.05) is 23.7 Å². The number of rotatable bonds is 10. The average Bonchev–Trinajstić information content (AvgIpc) is 2.91. The predicted molar refractivity (Wildman–Crippen MR) is 150 cm³/mol. The van der Waals surface area contributed by atoms with E-state index in [4.69, 9.17) is 0 Å². The molecule has 3 rings (SSSR count). The van der Waals surface area contributed by atoms with E-state index in [0.717, 1.165) is 49.9 Å². The Morgan fingerprint density at radius 2 is 1.11 bits per heavy atom. The molecule has 6 nitrogen and oxygen atoms in total. The highest BCUT2D eigenvalue weighted by atomic mass is 16.2. The Morgan fingerprint density at radius 3 is 1.47 bits per heavy atom. The lowest BCUT2D eigenvalue weighted by Crippen LogP contribution is -2.38. The molecule has 1 aliphatic rings. The Kier molecular flexibility index (Phi) is 10.6. The number of benzene rings is 2. The molecule has 1 saturated carbocycles. The number of amides is 4. The molecule has 2 aromatic rings. The van der Waals surface area contributed by atoms with Crippen LogP contribution in [0.2, 0.25) is 0 Å². The second kappa shape index (κ2) is 13.9. The van der Waals surface area contributed by atoms with Crippen molar-refractivity contribution >= 4 is 23.4 Å². The first kappa shape index (κ1) is 27.6. The number of anilines is 2. The minimum atomic E-state index is -0.162. The maximum atomic E-state index is 12.4. The van der Waals surface area contributed by atoms with Crippen LogP contribution in [-0.4, -0.2) is 25.2 Å². The molecule has 0 aromatic heterocycles. The Balaban J connectivity index is 1.36. The average molecular weight is 493 g/mol. The molecule has 4 N–H and O–H groups in total. The summed E-state index contributed by atoms with van der Waals surface area (Å²) in [4.78, 5) is 24.8. The third-order valence-corrected chi connectivity index (χ3v) is 7.69. The molecule has 0 aliphatic heterocycles. The van der Waals surface area contributed by atoms with Crippen LogP contribution in [0.25, 0.3) is 0 Å². The summed E-state index contributed by atoms with van der Waals surface area (Å²) >= 11 is 0. The number of carbonyl (C=O) groups is 2. The zero-order chi connectivity index (χ0) is 25.9. The van der Waals surface area contributed by atoms with Crippen LogP contribution in [0.3, 0.4) is 0 Å². The summed E-state index contributed by atoms with van der Waals surface area (Å²) in [6.07, 6.45) is 6.54. The summed E-state index contributed by atoms with van der Waals surface area (Å²) in [5.41, 5.74) is 4.20. The van der Waals surface area contributed by atoms with E-state index in [2.05, 4.69) is 73.2 Å². The molecule has 36 heavy (non-hydrogen) atoms. The number of urea groups is 2. The van der Waals surface area contributed by atoms with Gasteiger partial charge in [-0.15, -0.1) is 0 Å². The van der Waals surface area contributed by atoms with Crippen LogP contribution in [0.15, 0.2) is 48.5 Å². The molecular weight excluding hydrogens is 448 g/mol. The third kappa shape index (κ3) is 8.58. The van der Waals surface area contributed by atoms with E-state index >= 15 is 0 Å². The highest BCUT2D eigenvalue weighted by Gasteiger charge is 2.23. The van der Waals surface area contributed by atoms with Gasteiger partial charge in [0.05, 0.1) is 0 Å². The molecule has 1 aliphatic carbocycles. The molecule has 0 radical (unpaired) electrons. The normalized spacial score (nSPS) is 19.1. The van der Waals surface area contributed by atoms with Crippen molar-refractivity contribution in [1.29, 1.82) is 0 Å². The van der Waals surface area contributed by atoms with Crippen molar-refractivity contribution in [3.05, 3.63) is 59.7 Å². The number of hydrogen-bond acceptors (Lipinski definition) is 2. The number of hydrogen-bond donors (Lipinski definition) is 4. The van der Waals surface area contributed by atoms with Crippen LogP contribution >= 0.6 is 0 Å². The Hall–Kier alpha value is -3.02. The lowest BCUT2D eigenvalue weighted by molar-refractivity contribution is 0.230. The van der Waals surface area contributed by atoms with Crippen LogP contribution < -0.4 is 21.3 Å². The first-order valence-corrected chi connectivity index (χ1v) is 13.7. The molecule has 0 saturated heterocycles. The lowest BCUT2D eigenvalue weighted by atomic mass is 9.81. The Morgan fingerprint density at radius 1 is 0.722 bits per heavy atom. The second-order valence-corrected chi connectivity index (χ2v) is 10.4. The molecule has 4 amide bonds. The van der Waals surface area contributed by atoms with Crippen LogP contribution in [-0.2, 0) is 0 Å². The molecule has 1 fully saturated rings. The van der Waals surface area contributed by atoms with E-state index in [9.17, 15) is 9.59 Å². The highest BCUT2D eigenvalue weighted by molar-refractivity contribution is 5.89. The van der Waals surface area contributed by atoms with Crippen LogP contribution in [0.5, 0.6) is 0 Å². The largest absolute Gasteiger partial charge is 0.338 e. The van der Waals surface area contributed by atoms with Crippen LogP contribution in [0.1, 0.15) is 89.2 Å². The fraction of sp³-hybridized carbons (Fsp3) is 0.533. The van der Waals surface area contributed by atoms with Crippen molar-refractivity contribution in [3.8, 4) is 0 Å². The summed E-state index contributed by atoms with van der Waals surface area (Å²) in [7, 11) is 0. The standard InChI is InChI=1S/C30H44N4O2/c1-5-21(3)25-10-14-27(15-11-25)33-29(35)31-19-23-8-7-9-24(18-23)20-32-30(36)34-28-16-12-26(13-17-28)22(4)6-2/h10-17,21-24H,5-9,18-20H2,1-4H3,(H2,31,33,35)(H2,32,34,36)/t21-,22+,23-,24-/m1/s1. The minimum Gasteiger partial charge on any atom is -0.338 e. The summed E-state index contributed by atoms with van der Waals surface area (Å²) in [5, 5.41) is 11.9. The lowest BCUT2D eigenvalue weighted by Gasteiger charge is -2.29. The van der Waals surface area contributed by atoms with Crippen molar-refractivity contribution in [2.24, 2.45) is 11.8 Å². The number of carbonyl (C=O) groups excluding carboxylic acids is 2. The minimum absolute atomic E-state index is 0.162. The summed E-state index contributed by atoms with van der Waals surface area (Å²) in [6, 6.07) is 15.9. The van der Waals surface area contributed by atoms with E-state index in [1.54, 1.807) is 0 Å². The Labute approximate surface area is 217 Å². The van der Waals surface area contributed by atoms with E-state index in [-0.39, 0.29) is 12.1 Å². The van der Waals surface area contributed by atoms with Crippen molar-refractivity contribution in [3.63, 3.8) is 0 Å². The molecule has 0 heterocycles.